The van der Waals surface area contributed by atoms with Crippen LogP contribution in [0.4, 0.5) is 0 Å². The largest absolute Gasteiger partial charge is 0.395 e. The van der Waals surface area contributed by atoms with E-state index in [9.17, 15) is 5.11 Å². The van der Waals surface area contributed by atoms with Gasteiger partial charge >= 0.3 is 0 Å². The van der Waals surface area contributed by atoms with E-state index in [1.54, 1.807) is 11.3 Å². The summed E-state index contributed by atoms with van der Waals surface area (Å²) in [5.74, 6) is 0. The third-order valence-electron chi connectivity index (χ3n) is 3.12. The number of rotatable bonds is 2. The fraction of sp³-hybridized carbons (Fsp3) is 0.600. The van der Waals surface area contributed by atoms with Crippen LogP contribution in [0.5, 0.6) is 0 Å². The van der Waals surface area contributed by atoms with Crippen molar-refractivity contribution in [1.82, 2.24) is 5.32 Å². The van der Waals surface area contributed by atoms with Crippen molar-refractivity contribution >= 4 is 27.3 Å². The maximum absolute atomic E-state index is 9.30. The van der Waals surface area contributed by atoms with E-state index in [4.69, 9.17) is 0 Å². The van der Waals surface area contributed by atoms with E-state index in [0.717, 1.165) is 16.8 Å². The summed E-state index contributed by atoms with van der Waals surface area (Å²) in [6.45, 7) is 3.44. The molecule has 0 bridgehead atoms. The molecule has 2 unspecified atom stereocenters. The molecule has 1 aromatic heterocycles. The number of halogens is 1. The summed E-state index contributed by atoms with van der Waals surface area (Å²) in [5.41, 5.74) is 0.103. The van der Waals surface area contributed by atoms with Gasteiger partial charge in [-0.3, -0.25) is 0 Å². The lowest BCUT2D eigenvalue weighted by Gasteiger charge is -2.28. The molecule has 1 aromatic rings. The van der Waals surface area contributed by atoms with Gasteiger partial charge in [0.15, 0.2) is 0 Å². The van der Waals surface area contributed by atoms with Crippen molar-refractivity contribution in [3.05, 3.63) is 20.8 Å². The fourth-order valence-corrected chi connectivity index (χ4v) is 3.70. The minimum absolute atomic E-state index is 0.103. The van der Waals surface area contributed by atoms with E-state index < -0.39 is 0 Å². The Labute approximate surface area is 96.5 Å². The molecule has 1 fully saturated rings. The van der Waals surface area contributed by atoms with Gasteiger partial charge in [0.1, 0.15) is 0 Å². The predicted octanol–water partition coefficient (Wildman–Crippen LogP) is 2.12. The highest BCUT2D eigenvalue weighted by Gasteiger charge is 2.40. The predicted molar refractivity (Wildman–Crippen MR) is 62.9 cm³/mol. The molecule has 0 aromatic carbocycles. The maximum Gasteiger partial charge on any atom is 0.0701 e. The van der Waals surface area contributed by atoms with Crippen LogP contribution in [0.15, 0.2) is 15.9 Å². The lowest BCUT2D eigenvalue weighted by atomic mass is 9.81. The second-order valence-electron chi connectivity index (χ2n) is 3.96. The zero-order valence-corrected chi connectivity index (χ0v) is 10.5. The monoisotopic (exact) mass is 275 g/mol. The van der Waals surface area contributed by atoms with Gasteiger partial charge in [0.05, 0.1) is 10.4 Å². The van der Waals surface area contributed by atoms with Crippen LogP contribution in [-0.4, -0.2) is 24.3 Å². The third-order valence-corrected chi connectivity index (χ3v) is 5.03. The summed E-state index contributed by atoms with van der Waals surface area (Å²) < 4.78 is 1.16. The number of hydrogen-bond donors (Lipinski definition) is 2. The normalized spacial score (nSPS) is 32.4. The second kappa shape index (κ2) is 3.93. The van der Waals surface area contributed by atoms with Gasteiger partial charge in [0.25, 0.3) is 0 Å². The van der Waals surface area contributed by atoms with Gasteiger partial charge in [-0.1, -0.05) is 6.92 Å². The number of thiophene rings is 1. The van der Waals surface area contributed by atoms with Crippen LogP contribution in [-0.2, 0) is 5.41 Å². The Bertz CT molecular complexity index is 328. The summed E-state index contributed by atoms with van der Waals surface area (Å²) in [6.07, 6.45) is 1.10. The Morgan fingerprint density at radius 3 is 3.07 bits per heavy atom. The summed E-state index contributed by atoms with van der Waals surface area (Å²) in [4.78, 5) is 1.36. The average molecular weight is 276 g/mol. The zero-order valence-electron chi connectivity index (χ0n) is 8.09. The van der Waals surface area contributed by atoms with E-state index in [0.29, 0.717) is 0 Å². The van der Waals surface area contributed by atoms with Crippen molar-refractivity contribution < 1.29 is 5.11 Å². The lowest BCUT2D eigenvalue weighted by molar-refractivity contribution is 0.217. The highest BCUT2D eigenvalue weighted by molar-refractivity contribution is 9.11. The molecule has 14 heavy (non-hydrogen) atoms. The van der Waals surface area contributed by atoms with E-state index in [-0.39, 0.29) is 18.1 Å². The quantitative estimate of drug-likeness (QED) is 0.867. The Balaban J connectivity index is 2.31. The first-order valence-electron chi connectivity index (χ1n) is 4.77. The van der Waals surface area contributed by atoms with E-state index in [1.807, 2.05) is 0 Å². The van der Waals surface area contributed by atoms with Crippen LogP contribution in [0.2, 0.25) is 0 Å². The van der Waals surface area contributed by atoms with Crippen molar-refractivity contribution in [2.24, 2.45) is 0 Å². The molecule has 4 heteroatoms. The Kier molecular flexibility index (Phi) is 2.98. The van der Waals surface area contributed by atoms with Crippen molar-refractivity contribution in [2.45, 2.75) is 24.8 Å². The van der Waals surface area contributed by atoms with Crippen molar-refractivity contribution in [3.63, 3.8) is 0 Å². The van der Waals surface area contributed by atoms with Crippen LogP contribution in [0, 0.1) is 0 Å². The molecular weight excluding hydrogens is 262 g/mol. The molecule has 2 nitrogen and oxygen atoms in total. The van der Waals surface area contributed by atoms with E-state index >= 15 is 0 Å². The first-order valence-corrected chi connectivity index (χ1v) is 6.38. The first-order chi connectivity index (χ1) is 6.66. The van der Waals surface area contributed by atoms with Gasteiger partial charge in [-0.15, -0.1) is 11.3 Å². The molecule has 2 N–H and O–H groups in total. The maximum atomic E-state index is 9.30. The topological polar surface area (TPSA) is 32.3 Å². The van der Waals surface area contributed by atoms with Crippen LogP contribution < -0.4 is 5.32 Å². The molecule has 1 saturated heterocycles. The molecule has 0 radical (unpaired) electrons. The molecule has 2 rings (SSSR count). The molecule has 2 atom stereocenters. The minimum atomic E-state index is 0.103. The molecular formula is C10H14BrNOS. The van der Waals surface area contributed by atoms with Crippen LogP contribution in [0.25, 0.3) is 0 Å². The van der Waals surface area contributed by atoms with Crippen LogP contribution >= 0.6 is 27.3 Å². The number of nitrogens with one attached hydrogen (secondary N) is 1. The standard InChI is InChI=1S/C10H14BrNOS/c1-10(4-5-12-7(10)6-13)8-2-3-9(11)14-8/h2-3,7,12-13H,4-6H2,1H3. The summed E-state index contributed by atoms with van der Waals surface area (Å²) in [6, 6.07) is 4.44. The van der Waals surface area contributed by atoms with Crippen molar-refractivity contribution in [3.8, 4) is 0 Å². The van der Waals surface area contributed by atoms with Gasteiger partial charge < -0.3 is 10.4 Å². The molecule has 1 aliphatic heterocycles. The van der Waals surface area contributed by atoms with Gasteiger partial charge in [0.2, 0.25) is 0 Å². The Hall–Kier alpha value is 0.1000. The molecule has 0 spiro atoms. The second-order valence-corrected chi connectivity index (χ2v) is 6.42. The lowest BCUT2D eigenvalue weighted by Crippen LogP contribution is -2.40. The molecule has 1 aliphatic rings. The van der Waals surface area contributed by atoms with Gasteiger partial charge in [-0.25, -0.2) is 0 Å². The van der Waals surface area contributed by atoms with E-state index in [2.05, 4.69) is 40.3 Å². The van der Waals surface area contributed by atoms with Crippen molar-refractivity contribution in [1.29, 1.82) is 0 Å². The average Bonchev–Trinajstić information content (AvgIpc) is 2.72. The molecule has 0 saturated carbocycles. The SMILES string of the molecule is CC1(c2ccc(Br)s2)CCNC1CO. The molecule has 2 heterocycles. The highest BCUT2D eigenvalue weighted by Crippen LogP contribution is 2.40. The molecule has 78 valence electrons. The van der Waals surface area contributed by atoms with Crippen LogP contribution in [0.3, 0.4) is 0 Å². The summed E-state index contributed by atoms with van der Waals surface area (Å²) >= 11 is 5.25. The van der Waals surface area contributed by atoms with Crippen molar-refractivity contribution in [2.75, 3.05) is 13.2 Å². The van der Waals surface area contributed by atoms with Crippen LogP contribution in [0.1, 0.15) is 18.2 Å². The number of aliphatic hydroxyl groups is 1. The smallest absolute Gasteiger partial charge is 0.0701 e. The van der Waals surface area contributed by atoms with E-state index in [1.165, 1.54) is 4.88 Å². The fourth-order valence-electron chi connectivity index (χ4n) is 2.09. The summed E-state index contributed by atoms with van der Waals surface area (Å²) in [5, 5.41) is 12.6. The van der Waals surface area contributed by atoms with Gasteiger partial charge in [-0.2, -0.15) is 0 Å². The summed E-state index contributed by atoms with van der Waals surface area (Å²) in [7, 11) is 0. The van der Waals surface area contributed by atoms with Gasteiger partial charge in [0, 0.05) is 16.3 Å². The Morgan fingerprint density at radius 2 is 2.50 bits per heavy atom. The first kappa shape index (κ1) is 10.6. The highest BCUT2D eigenvalue weighted by atomic mass is 79.9. The molecule has 0 amide bonds. The third kappa shape index (κ3) is 1.65. The zero-order chi connectivity index (χ0) is 10.2. The Morgan fingerprint density at radius 1 is 1.71 bits per heavy atom. The number of hydrogen-bond acceptors (Lipinski definition) is 3. The minimum Gasteiger partial charge on any atom is -0.395 e. The van der Waals surface area contributed by atoms with Gasteiger partial charge in [-0.05, 0) is 41.0 Å². The number of aliphatic hydroxyl groups excluding tert-OH is 1. The molecule has 0 aliphatic carbocycles.